The Labute approximate surface area is 124 Å². The van der Waals surface area contributed by atoms with Gasteiger partial charge in [-0.2, -0.15) is 5.26 Å². The highest BCUT2D eigenvalue weighted by Crippen LogP contribution is 2.23. The molecule has 0 heterocycles. The zero-order valence-electron chi connectivity index (χ0n) is 10.3. The second-order valence-corrected chi connectivity index (χ2v) is 4.90. The van der Waals surface area contributed by atoms with Crippen molar-refractivity contribution in [2.75, 3.05) is 5.32 Å². The summed E-state index contributed by atoms with van der Waals surface area (Å²) >= 11 is 3.44. The van der Waals surface area contributed by atoms with Gasteiger partial charge < -0.3 is 5.32 Å². The Kier molecular flexibility index (Phi) is 4.33. The van der Waals surface area contributed by atoms with Crippen molar-refractivity contribution in [1.82, 2.24) is 0 Å². The molecule has 6 heteroatoms. The van der Waals surface area contributed by atoms with E-state index in [0.717, 1.165) is 10.0 Å². The minimum absolute atomic E-state index is 0.0898. The van der Waals surface area contributed by atoms with Gasteiger partial charge in [-0.1, -0.05) is 34.1 Å². The maximum atomic E-state index is 10.7. The summed E-state index contributed by atoms with van der Waals surface area (Å²) in [5.41, 5.74) is 1.78. The molecule has 0 amide bonds. The predicted octanol–water partition coefficient (Wildman–Crippen LogP) is 3.84. The van der Waals surface area contributed by atoms with E-state index in [0.29, 0.717) is 12.2 Å². The van der Waals surface area contributed by atoms with Crippen LogP contribution in [0.1, 0.15) is 11.1 Å². The summed E-state index contributed by atoms with van der Waals surface area (Å²) in [5.74, 6) is 0. The van der Waals surface area contributed by atoms with E-state index < -0.39 is 4.92 Å². The smallest absolute Gasteiger partial charge is 0.270 e. The normalized spacial score (nSPS) is 9.80. The summed E-state index contributed by atoms with van der Waals surface area (Å²) in [6, 6.07) is 13.9. The zero-order valence-corrected chi connectivity index (χ0v) is 11.9. The molecule has 0 fully saturated rings. The Morgan fingerprint density at radius 1 is 1.30 bits per heavy atom. The summed E-state index contributed by atoms with van der Waals surface area (Å²) in [4.78, 5) is 10.2. The van der Waals surface area contributed by atoms with Crippen LogP contribution < -0.4 is 5.32 Å². The van der Waals surface area contributed by atoms with Gasteiger partial charge in [-0.3, -0.25) is 10.1 Å². The standard InChI is InChI=1S/C14H10BrN3O2/c15-13-4-2-1-3-10(13)9-17-14-6-5-12(18(19)20)7-11(14)8-16/h1-7,17H,9H2. The summed E-state index contributed by atoms with van der Waals surface area (Å²) < 4.78 is 0.966. The molecule has 0 radical (unpaired) electrons. The SMILES string of the molecule is N#Cc1cc([N+](=O)[O-])ccc1NCc1ccccc1Br. The molecule has 0 aliphatic carbocycles. The van der Waals surface area contributed by atoms with Gasteiger partial charge in [0.15, 0.2) is 0 Å². The molecule has 2 rings (SSSR count). The van der Waals surface area contributed by atoms with Crippen molar-refractivity contribution in [3.05, 3.63) is 68.2 Å². The molecule has 2 aromatic carbocycles. The first-order valence-electron chi connectivity index (χ1n) is 5.77. The number of nitrogens with one attached hydrogen (secondary N) is 1. The number of rotatable bonds is 4. The molecule has 0 aromatic heterocycles. The lowest BCUT2D eigenvalue weighted by Crippen LogP contribution is -2.02. The van der Waals surface area contributed by atoms with Gasteiger partial charge in [-0.25, -0.2) is 0 Å². The Morgan fingerprint density at radius 3 is 2.70 bits per heavy atom. The maximum Gasteiger partial charge on any atom is 0.270 e. The molecule has 0 bridgehead atoms. The van der Waals surface area contributed by atoms with Gasteiger partial charge in [0, 0.05) is 23.2 Å². The van der Waals surface area contributed by atoms with Crippen LogP contribution in [0, 0.1) is 21.4 Å². The second kappa shape index (κ2) is 6.17. The van der Waals surface area contributed by atoms with E-state index in [2.05, 4.69) is 21.2 Å². The summed E-state index contributed by atoms with van der Waals surface area (Å²) in [5, 5.41) is 22.8. The highest BCUT2D eigenvalue weighted by molar-refractivity contribution is 9.10. The van der Waals surface area contributed by atoms with Crippen molar-refractivity contribution in [2.24, 2.45) is 0 Å². The van der Waals surface area contributed by atoms with Crippen LogP contribution >= 0.6 is 15.9 Å². The van der Waals surface area contributed by atoms with Crippen molar-refractivity contribution >= 4 is 27.3 Å². The van der Waals surface area contributed by atoms with Crippen molar-refractivity contribution < 1.29 is 4.92 Å². The average Bonchev–Trinajstić information content (AvgIpc) is 2.46. The molecular formula is C14H10BrN3O2. The van der Waals surface area contributed by atoms with Crippen LogP contribution in [0.25, 0.3) is 0 Å². The minimum Gasteiger partial charge on any atom is -0.380 e. The van der Waals surface area contributed by atoms with Crippen LogP contribution in [-0.2, 0) is 6.54 Å². The zero-order chi connectivity index (χ0) is 14.5. The van der Waals surface area contributed by atoms with Crippen molar-refractivity contribution in [2.45, 2.75) is 6.54 Å². The number of anilines is 1. The molecule has 0 spiro atoms. The van der Waals surface area contributed by atoms with Gasteiger partial charge in [0.05, 0.1) is 16.2 Å². The average molecular weight is 332 g/mol. The van der Waals surface area contributed by atoms with Gasteiger partial charge in [0.2, 0.25) is 0 Å². The highest BCUT2D eigenvalue weighted by Gasteiger charge is 2.10. The van der Waals surface area contributed by atoms with Gasteiger partial charge >= 0.3 is 0 Å². The number of halogens is 1. The molecule has 20 heavy (non-hydrogen) atoms. The quantitative estimate of drug-likeness (QED) is 0.681. The van der Waals surface area contributed by atoms with Crippen LogP contribution in [0.2, 0.25) is 0 Å². The first-order chi connectivity index (χ1) is 9.61. The van der Waals surface area contributed by atoms with Crippen LogP contribution in [0.15, 0.2) is 46.9 Å². The van der Waals surface area contributed by atoms with Gasteiger partial charge in [-0.05, 0) is 17.7 Å². The summed E-state index contributed by atoms with van der Waals surface area (Å²) in [6.45, 7) is 0.522. The Bertz CT molecular complexity index is 695. The lowest BCUT2D eigenvalue weighted by atomic mass is 10.1. The Hall–Kier alpha value is -2.39. The monoisotopic (exact) mass is 331 g/mol. The third-order valence-corrected chi connectivity index (χ3v) is 3.54. The van der Waals surface area contributed by atoms with Crippen LogP contribution in [0.5, 0.6) is 0 Å². The van der Waals surface area contributed by atoms with Crippen LogP contribution in [-0.4, -0.2) is 4.92 Å². The van der Waals surface area contributed by atoms with E-state index in [1.165, 1.54) is 12.1 Å². The molecule has 0 atom stereocenters. The van der Waals surface area contributed by atoms with Gasteiger partial charge in [0.25, 0.3) is 5.69 Å². The van der Waals surface area contributed by atoms with Gasteiger partial charge in [-0.15, -0.1) is 0 Å². The van der Waals surface area contributed by atoms with E-state index >= 15 is 0 Å². The van der Waals surface area contributed by atoms with Crippen LogP contribution in [0.4, 0.5) is 11.4 Å². The molecule has 0 aliphatic heterocycles. The molecule has 0 unspecified atom stereocenters. The Morgan fingerprint density at radius 2 is 2.05 bits per heavy atom. The Balaban J connectivity index is 2.20. The van der Waals surface area contributed by atoms with E-state index in [9.17, 15) is 10.1 Å². The molecule has 0 saturated heterocycles. The first-order valence-corrected chi connectivity index (χ1v) is 6.57. The minimum atomic E-state index is -0.515. The first kappa shape index (κ1) is 14.0. The molecule has 0 aliphatic rings. The fraction of sp³-hybridized carbons (Fsp3) is 0.0714. The number of nitrogens with zero attached hydrogens (tertiary/aromatic N) is 2. The summed E-state index contributed by atoms with van der Waals surface area (Å²) in [6.07, 6.45) is 0. The number of hydrogen-bond acceptors (Lipinski definition) is 4. The largest absolute Gasteiger partial charge is 0.380 e. The van der Waals surface area contributed by atoms with Crippen molar-refractivity contribution in [1.29, 1.82) is 5.26 Å². The molecule has 2 aromatic rings. The number of benzene rings is 2. The number of nitriles is 1. The lowest BCUT2D eigenvalue weighted by Gasteiger charge is -2.09. The second-order valence-electron chi connectivity index (χ2n) is 4.04. The highest BCUT2D eigenvalue weighted by atomic mass is 79.9. The summed E-state index contributed by atoms with van der Waals surface area (Å²) in [7, 11) is 0. The third kappa shape index (κ3) is 3.13. The topological polar surface area (TPSA) is 79.0 Å². The van der Waals surface area contributed by atoms with E-state index in [1.807, 2.05) is 30.3 Å². The fourth-order valence-corrected chi connectivity index (χ4v) is 2.15. The molecule has 100 valence electrons. The molecule has 1 N–H and O–H groups in total. The van der Waals surface area contributed by atoms with E-state index in [1.54, 1.807) is 6.07 Å². The molecular weight excluding hydrogens is 322 g/mol. The molecule has 5 nitrogen and oxygen atoms in total. The number of nitro benzene ring substituents is 1. The maximum absolute atomic E-state index is 10.7. The van der Waals surface area contributed by atoms with Crippen molar-refractivity contribution in [3.63, 3.8) is 0 Å². The van der Waals surface area contributed by atoms with Gasteiger partial charge in [0.1, 0.15) is 6.07 Å². The molecule has 0 saturated carbocycles. The third-order valence-electron chi connectivity index (χ3n) is 2.76. The number of non-ortho nitro benzene ring substituents is 1. The predicted molar refractivity (Wildman–Crippen MR) is 79.3 cm³/mol. The van der Waals surface area contributed by atoms with Crippen molar-refractivity contribution in [3.8, 4) is 6.07 Å². The lowest BCUT2D eigenvalue weighted by molar-refractivity contribution is -0.384. The van der Waals surface area contributed by atoms with E-state index in [4.69, 9.17) is 5.26 Å². The van der Waals surface area contributed by atoms with Crippen LogP contribution in [0.3, 0.4) is 0 Å². The fourth-order valence-electron chi connectivity index (χ4n) is 1.72. The number of hydrogen-bond donors (Lipinski definition) is 1. The van der Waals surface area contributed by atoms with E-state index in [-0.39, 0.29) is 11.3 Å². The number of nitro groups is 1.